The second-order valence-electron chi connectivity index (χ2n) is 7.98. The van der Waals surface area contributed by atoms with Crippen LogP contribution >= 0.6 is 0 Å². The van der Waals surface area contributed by atoms with E-state index in [-0.39, 0.29) is 30.0 Å². The second-order valence-corrected chi connectivity index (χ2v) is 7.98. The van der Waals surface area contributed by atoms with E-state index < -0.39 is 12.2 Å². The maximum absolute atomic E-state index is 14.0. The largest absolute Gasteiger partial charge is 0.497 e. The third-order valence-electron chi connectivity index (χ3n) is 5.79. The molecule has 0 radical (unpaired) electrons. The Balaban J connectivity index is 1.36. The predicted molar refractivity (Wildman–Crippen MR) is 118 cm³/mol. The number of hydrogen-bond acceptors (Lipinski definition) is 6. The molecule has 2 aromatic carbocycles. The average Bonchev–Trinajstić information content (AvgIpc) is 2.82. The number of carbonyl (C=O) groups is 1. The van der Waals surface area contributed by atoms with E-state index in [0.717, 1.165) is 24.2 Å². The Morgan fingerprint density at radius 3 is 2.53 bits per heavy atom. The van der Waals surface area contributed by atoms with E-state index in [2.05, 4.69) is 16.0 Å². The van der Waals surface area contributed by atoms with E-state index in [1.54, 1.807) is 7.11 Å². The maximum atomic E-state index is 14.0. The highest BCUT2D eigenvalue weighted by Gasteiger charge is 2.27. The lowest BCUT2D eigenvalue weighted by molar-refractivity contribution is -0.126. The van der Waals surface area contributed by atoms with Crippen LogP contribution in [0.2, 0.25) is 0 Å². The van der Waals surface area contributed by atoms with Gasteiger partial charge in [0.05, 0.1) is 18.7 Å². The number of benzene rings is 2. The highest BCUT2D eigenvalue weighted by molar-refractivity contribution is 5.78. The van der Waals surface area contributed by atoms with Gasteiger partial charge in [-0.25, -0.2) is 4.39 Å². The zero-order chi connectivity index (χ0) is 22.9. The topological polar surface area (TPSA) is 106 Å². The fourth-order valence-corrected chi connectivity index (χ4v) is 3.85. The van der Waals surface area contributed by atoms with Crippen molar-refractivity contribution in [2.24, 2.45) is 5.92 Å². The number of methoxy groups -OCH3 is 1. The lowest BCUT2D eigenvalue weighted by Crippen LogP contribution is -2.48. The molecule has 8 heteroatoms. The van der Waals surface area contributed by atoms with E-state index in [9.17, 15) is 14.3 Å². The number of aliphatic hydroxyl groups is 1. The van der Waals surface area contributed by atoms with Gasteiger partial charge in [0.1, 0.15) is 11.6 Å². The molecule has 0 aliphatic heterocycles. The van der Waals surface area contributed by atoms with Crippen LogP contribution in [-0.2, 0) is 17.9 Å². The molecule has 170 valence electrons. The zero-order valence-electron chi connectivity index (χ0n) is 18.1. The van der Waals surface area contributed by atoms with Crippen molar-refractivity contribution in [1.29, 1.82) is 5.26 Å². The van der Waals surface area contributed by atoms with Crippen LogP contribution in [0.1, 0.15) is 42.4 Å². The van der Waals surface area contributed by atoms with Gasteiger partial charge in [0.15, 0.2) is 6.35 Å². The van der Waals surface area contributed by atoms with Crippen molar-refractivity contribution in [3.05, 3.63) is 65.0 Å². The summed E-state index contributed by atoms with van der Waals surface area (Å²) >= 11 is 0. The molecule has 1 fully saturated rings. The monoisotopic (exact) mass is 440 g/mol. The summed E-state index contributed by atoms with van der Waals surface area (Å²) in [5.41, 5.74) is 1.65. The molecule has 3 rings (SSSR count). The molecule has 0 spiro atoms. The Hall–Kier alpha value is -2.99. The van der Waals surface area contributed by atoms with Gasteiger partial charge < -0.3 is 15.2 Å². The van der Waals surface area contributed by atoms with E-state index in [4.69, 9.17) is 10.00 Å². The molecule has 1 saturated carbocycles. The number of nitrogens with zero attached hydrogens (tertiary/aromatic N) is 1. The van der Waals surface area contributed by atoms with Crippen LogP contribution < -0.4 is 20.7 Å². The lowest BCUT2D eigenvalue weighted by Gasteiger charge is -2.30. The molecule has 1 atom stereocenters. The number of ether oxygens (including phenoxy) is 1. The fraction of sp³-hybridized carbons (Fsp3) is 0.417. The normalized spacial score (nSPS) is 19.1. The molecule has 1 unspecified atom stereocenters. The molecule has 1 aliphatic rings. The summed E-state index contributed by atoms with van der Waals surface area (Å²) in [6.45, 7) is 0.615. The number of nitriles is 1. The summed E-state index contributed by atoms with van der Waals surface area (Å²) in [5.74, 6) is 0.0768. The predicted octanol–water partition coefficient (Wildman–Crippen LogP) is 2.54. The van der Waals surface area contributed by atoms with Gasteiger partial charge in [-0.15, -0.1) is 0 Å². The molecule has 1 aliphatic carbocycles. The average molecular weight is 441 g/mol. The van der Waals surface area contributed by atoms with E-state index >= 15 is 0 Å². The smallest absolute Gasteiger partial charge is 0.223 e. The summed E-state index contributed by atoms with van der Waals surface area (Å²) in [6, 6.07) is 13.9. The second kappa shape index (κ2) is 11.6. The first-order valence-electron chi connectivity index (χ1n) is 10.7. The fourth-order valence-electron chi connectivity index (χ4n) is 3.85. The maximum Gasteiger partial charge on any atom is 0.223 e. The first-order valence-corrected chi connectivity index (χ1v) is 10.7. The lowest BCUT2D eigenvalue weighted by atomic mass is 9.85. The number of amides is 1. The molecule has 4 N–H and O–H groups in total. The summed E-state index contributed by atoms with van der Waals surface area (Å²) in [5, 5.41) is 28.0. The van der Waals surface area contributed by atoms with Crippen LogP contribution in [0.5, 0.6) is 5.75 Å². The molecule has 2 aromatic rings. The molecule has 1 amide bonds. The standard InChI is InChI=1S/C24H29FN4O3/c1-32-21-10-3-16(4-11-21)14-28-24(31)29-20-8-6-18(7-9-20)23(30)27-15-19-5-2-17(13-26)12-22(19)25/h2-5,10-12,18,20,24,28-29,31H,6-9,14-15H2,1H3,(H,27,30). The quantitative estimate of drug-likeness (QED) is 0.447. The number of carbonyl (C=O) groups excluding carboxylic acids is 1. The van der Waals surface area contributed by atoms with Crippen molar-refractivity contribution in [1.82, 2.24) is 16.0 Å². The number of hydrogen-bond donors (Lipinski definition) is 4. The van der Waals surface area contributed by atoms with Crippen molar-refractivity contribution in [3.8, 4) is 11.8 Å². The van der Waals surface area contributed by atoms with E-state index in [1.165, 1.54) is 18.2 Å². The van der Waals surface area contributed by atoms with Crippen LogP contribution in [0, 0.1) is 23.1 Å². The van der Waals surface area contributed by atoms with Crippen LogP contribution in [-0.4, -0.2) is 30.5 Å². The Bertz CT molecular complexity index is 937. The van der Waals surface area contributed by atoms with Gasteiger partial charge in [0.25, 0.3) is 0 Å². The molecule has 0 aromatic heterocycles. The SMILES string of the molecule is COc1ccc(CNC(O)NC2CCC(C(=O)NCc3ccc(C#N)cc3F)CC2)cc1. The number of halogens is 1. The molecule has 32 heavy (non-hydrogen) atoms. The zero-order valence-corrected chi connectivity index (χ0v) is 18.1. The van der Waals surface area contributed by atoms with Gasteiger partial charge in [-0.05, 0) is 55.5 Å². The molecule has 0 heterocycles. The van der Waals surface area contributed by atoms with E-state index in [1.807, 2.05) is 30.3 Å². The van der Waals surface area contributed by atoms with Gasteiger partial charge in [-0.2, -0.15) is 5.26 Å². The molecule has 0 saturated heterocycles. The van der Waals surface area contributed by atoms with Gasteiger partial charge >= 0.3 is 0 Å². The van der Waals surface area contributed by atoms with Crippen molar-refractivity contribution in [2.45, 2.75) is 51.2 Å². The van der Waals surface area contributed by atoms with Crippen LogP contribution in [0.3, 0.4) is 0 Å². The molecule has 0 bridgehead atoms. The highest BCUT2D eigenvalue weighted by Crippen LogP contribution is 2.25. The molecular formula is C24H29FN4O3. The summed E-state index contributed by atoms with van der Waals surface area (Å²) in [4.78, 5) is 12.5. The van der Waals surface area contributed by atoms with Gasteiger partial charge in [0.2, 0.25) is 5.91 Å². The number of aliphatic hydroxyl groups excluding tert-OH is 1. The summed E-state index contributed by atoms with van der Waals surface area (Å²) < 4.78 is 19.1. The molecular weight excluding hydrogens is 411 g/mol. The summed E-state index contributed by atoms with van der Waals surface area (Å²) in [7, 11) is 1.62. The summed E-state index contributed by atoms with van der Waals surface area (Å²) in [6.07, 6.45) is 2.09. The van der Waals surface area contributed by atoms with Gasteiger partial charge in [-0.3, -0.25) is 15.4 Å². The first kappa shape index (κ1) is 23.7. The Morgan fingerprint density at radius 1 is 1.19 bits per heavy atom. The van der Waals surface area contributed by atoms with Crippen molar-refractivity contribution < 1.29 is 19.0 Å². The Labute approximate surface area is 187 Å². The minimum Gasteiger partial charge on any atom is -0.497 e. The minimum atomic E-state index is -0.841. The molecule has 7 nitrogen and oxygen atoms in total. The van der Waals surface area contributed by atoms with Crippen LogP contribution in [0.4, 0.5) is 4.39 Å². The first-order chi connectivity index (χ1) is 15.5. The van der Waals surface area contributed by atoms with Crippen molar-refractivity contribution >= 4 is 5.91 Å². The number of nitrogens with one attached hydrogen (secondary N) is 3. The van der Waals surface area contributed by atoms with E-state index in [0.29, 0.717) is 24.9 Å². The highest BCUT2D eigenvalue weighted by atomic mass is 19.1. The van der Waals surface area contributed by atoms with Crippen molar-refractivity contribution in [3.63, 3.8) is 0 Å². The Morgan fingerprint density at radius 2 is 1.91 bits per heavy atom. The third kappa shape index (κ3) is 6.76. The van der Waals surface area contributed by atoms with Crippen molar-refractivity contribution in [2.75, 3.05) is 7.11 Å². The minimum absolute atomic E-state index is 0.0922. The van der Waals surface area contributed by atoms with Gasteiger partial charge in [-0.1, -0.05) is 18.2 Å². The third-order valence-corrected chi connectivity index (χ3v) is 5.79. The van der Waals surface area contributed by atoms with Crippen LogP contribution in [0.15, 0.2) is 42.5 Å². The van der Waals surface area contributed by atoms with Crippen LogP contribution in [0.25, 0.3) is 0 Å². The Kier molecular flexibility index (Phi) is 8.56. The van der Waals surface area contributed by atoms with Gasteiger partial charge in [0, 0.05) is 30.6 Å². The number of rotatable bonds is 9.